The first-order chi connectivity index (χ1) is 8.68. The number of carbonyl (C=O) groups is 1. The minimum Gasteiger partial charge on any atom is -0.469 e. The fourth-order valence-corrected chi connectivity index (χ4v) is 1.70. The van der Waals surface area contributed by atoms with Crippen molar-refractivity contribution in [3.05, 3.63) is 28.0 Å². The van der Waals surface area contributed by atoms with Gasteiger partial charge in [-0.25, -0.2) is 8.78 Å². The number of nitrogens with zero attached hydrogens (tertiary/aromatic N) is 1. The number of methoxy groups -OCH3 is 1. The lowest BCUT2D eigenvalue weighted by molar-refractivity contribution is -0.141. The second-order valence-electron chi connectivity index (χ2n) is 3.41. The van der Waals surface area contributed by atoms with Gasteiger partial charge in [0.15, 0.2) is 5.69 Å². The number of hydrogen-bond donors (Lipinski definition) is 0. The molecule has 1 aromatic rings. The summed E-state index contributed by atoms with van der Waals surface area (Å²) in [4.78, 5) is 14.0. The Morgan fingerprint density at radius 2 is 2.05 bits per heavy atom. The van der Waals surface area contributed by atoms with E-state index in [9.17, 15) is 26.7 Å². The highest BCUT2D eigenvalue weighted by Crippen LogP contribution is 2.39. The van der Waals surface area contributed by atoms with E-state index in [1.807, 2.05) is 0 Å². The van der Waals surface area contributed by atoms with Gasteiger partial charge in [-0.15, -0.1) is 0 Å². The summed E-state index contributed by atoms with van der Waals surface area (Å²) in [6.07, 6.45) is -8.31. The zero-order valence-electron chi connectivity index (χ0n) is 9.39. The van der Waals surface area contributed by atoms with Gasteiger partial charge in [0.2, 0.25) is 0 Å². The fraction of sp³-hybridized carbons (Fsp3) is 0.400. The molecule has 0 amide bonds. The monoisotopic (exact) mass is 303 g/mol. The number of alkyl halides is 5. The minimum atomic E-state index is -4.95. The van der Waals surface area contributed by atoms with Crippen LogP contribution in [0, 0.1) is 0 Å². The van der Waals surface area contributed by atoms with E-state index in [1.54, 1.807) is 0 Å². The van der Waals surface area contributed by atoms with E-state index in [2.05, 4.69) is 9.72 Å². The van der Waals surface area contributed by atoms with E-state index in [0.717, 1.165) is 7.11 Å². The molecule has 9 heteroatoms. The molecule has 1 rings (SSSR count). The van der Waals surface area contributed by atoms with Gasteiger partial charge in [0.05, 0.1) is 18.6 Å². The van der Waals surface area contributed by atoms with Crippen LogP contribution < -0.4 is 0 Å². The Hall–Kier alpha value is -1.44. The number of pyridine rings is 1. The van der Waals surface area contributed by atoms with Crippen molar-refractivity contribution in [1.29, 1.82) is 0 Å². The van der Waals surface area contributed by atoms with Crippen LogP contribution in [0.3, 0.4) is 0 Å². The summed E-state index contributed by atoms with van der Waals surface area (Å²) in [6.45, 7) is 0. The quantitative estimate of drug-likeness (QED) is 0.634. The van der Waals surface area contributed by atoms with E-state index >= 15 is 0 Å². The minimum absolute atomic E-state index is 0.403. The first-order valence-electron chi connectivity index (χ1n) is 4.78. The van der Waals surface area contributed by atoms with Crippen molar-refractivity contribution < 1.29 is 31.5 Å². The average Bonchev–Trinajstić information content (AvgIpc) is 2.26. The lowest BCUT2D eigenvalue weighted by atomic mass is 10.1. The lowest BCUT2D eigenvalue weighted by Crippen LogP contribution is -2.14. The molecule has 0 unspecified atom stereocenters. The Kier molecular flexibility index (Phi) is 4.67. The molecule has 0 aliphatic heterocycles. The Balaban J connectivity index is 3.36. The standard InChI is InChI=1S/C10H7ClF5NO2/c1-19-5(18)2-4-3-17-8(10(14,15)16)7(11)6(4)9(12)13/h3,9H,2H2,1H3. The summed E-state index contributed by atoms with van der Waals surface area (Å²) in [6, 6.07) is 0. The van der Waals surface area contributed by atoms with Gasteiger partial charge in [0, 0.05) is 11.8 Å². The maximum atomic E-state index is 12.8. The van der Waals surface area contributed by atoms with Gasteiger partial charge in [-0.05, 0) is 5.56 Å². The maximum Gasteiger partial charge on any atom is 0.434 e. The third kappa shape index (κ3) is 3.52. The molecule has 0 aliphatic rings. The van der Waals surface area contributed by atoms with Crippen LogP contribution >= 0.6 is 11.6 Å². The van der Waals surface area contributed by atoms with Crippen molar-refractivity contribution in [2.75, 3.05) is 7.11 Å². The molecular formula is C10H7ClF5NO2. The summed E-state index contributed by atoms with van der Waals surface area (Å²) < 4.78 is 67.2. The average molecular weight is 304 g/mol. The summed E-state index contributed by atoms with van der Waals surface area (Å²) >= 11 is 5.31. The van der Waals surface area contributed by atoms with E-state index in [0.29, 0.717) is 6.20 Å². The Bertz CT molecular complexity index is 490. The molecular weight excluding hydrogens is 297 g/mol. The van der Waals surface area contributed by atoms with Crippen LogP contribution in [0.2, 0.25) is 5.02 Å². The topological polar surface area (TPSA) is 39.2 Å². The number of hydrogen-bond acceptors (Lipinski definition) is 3. The molecule has 0 saturated heterocycles. The smallest absolute Gasteiger partial charge is 0.434 e. The van der Waals surface area contributed by atoms with E-state index in [-0.39, 0.29) is 0 Å². The molecule has 0 atom stereocenters. The van der Waals surface area contributed by atoms with Crippen molar-refractivity contribution in [2.24, 2.45) is 0 Å². The van der Waals surface area contributed by atoms with Crippen LogP contribution in [0.4, 0.5) is 22.0 Å². The van der Waals surface area contributed by atoms with Crippen LogP contribution in [0.5, 0.6) is 0 Å². The number of aromatic nitrogens is 1. The molecule has 0 aromatic carbocycles. The van der Waals surface area contributed by atoms with Gasteiger partial charge in [0.1, 0.15) is 0 Å². The van der Waals surface area contributed by atoms with E-state index in [4.69, 9.17) is 11.6 Å². The summed E-state index contributed by atoms with van der Waals surface area (Å²) in [5.74, 6) is -0.889. The molecule has 3 nitrogen and oxygen atoms in total. The van der Waals surface area contributed by atoms with Crippen LogP contribution in [-0.2, 0) is 22.1 Å². The maximum absolute atomic E-state index is 12.8. The van der Waals surface area contributed by atoms with Crippen LogP contribution in [0.15, 0.2) is 6.20 Å². The molecule has 0 bridgehead atoms. The number of halogens is 6. The number of esters is 1. The van der Waals surface area contributed by atoms with Crippen molar-refractivity contribution in [2.45, 2.75) is 19.0 Å². The van der Waals surface area contributed by atoms with Crippen LogP contribution in [0.1, 0.15) is 23.2 Å². The third-order valence-corrected chi connectivity index (χ3v) is 2.57. The zero-order chi connectivity index (χ0) is 14.8. The normalized spacial score (nSPS) is 11.8. The van der Waals surface area contributed by atoms with Gasteiger partial charge in [-0.3, -0.25) is 9.78 Å². The Labute approximate surface area is 109 Å². The Morgan fingerprint density at radius 3 is 2.47 bits per heavy atom. The molecule has 106 valence electrons. The highest BCUT2D eigenvalue weighted by Gasteiger charge is 2.38. The number of carbonyl (C=O) groups excluding carboxylic acids is 1. The molecule has 19 heavy (non-hydrogen) atoms. The second-order valence-corrected chi connectivity index (χ2v) is 3.79. The highest BCUT2D eigenvalue weighted by molar-refractivity contribution is 6.32. The number of rotatable bonds is 3. The van der Waals surface area contributed by atoms with Gasteiger partial charge in [0.25, 0.3) is 6.43 Å². The van der Waals surface area contributed by atoms with E-state index in [1.165, 1.54) is 0 Å². The first-order valence-corrected chi connectivity index (χ1v) is 5.15. The molecule has 0 spiro atoms. The Morgan fingerprint density at radius 1 is 1.47 bits per heavy atom. The largest absolute Gasteiger partial charge is 0.469 e. The van der Waals surface area contributed by atoms with Crippen molar-refractivity contribution in [3.63, 3.8) is 0 Å². The predicted octanol–water partition coefficient (Wildman–Crippen LogP) is 3.41. The van der Waals surface area contributed by atoms with Gasteiger partial charge in [-0.2, -0.15) is 13.2 Å². The fourth-order valence-electron chi connectivity index (χ4n) is 1.34. The molecule has 0 saturated carbocycles. The SMILES string of the molecule is COC(=O)Cc1cnc(C(F)(F)F)c(Cl)c1C(F)F. The summed E-state index contributed by atoms with van der Waals surface area (Å²) in [5, 5.41) is -1.20. The van der Waals surface area contributed by atoms with Crippen molar-refractivity contribution in [3.8, 4) is 0 Å². The first kappa shape index (κ1) is 15.6. The zero-order valence-corrected chi connectivity index (χ0v) is 10.1. The van der Waals surface area contributed by atoms with Gasteiger partial charge in [-0.1, -0.05) is 11.6 Å². The van der Waals surface area contributed by atoms with Crippen molar-refractivity contribution >= 4 is 17.6 Å². The second kappa shape index (κ2) is 5.68. The summed E-state index contributed by atoms with van der Waals surface area (Å²) in [5.41, 5.74) is -3.08. The molecule has 1 heterocycles. The van der Waals surface area contributed by atoms with Gasteiger partial charge < -0.3 is 4.74 Å². The van der Waals surface area contributed by atoms with Gasteiger partial charge >= 0.3 is 12.1 Å². The van der Waals surface area contributed by atoms with Crippen LogP contribution in [0.25, 0.3) is 0 Å². The summed E-state index contributed by atoms with van der Waals surface area (Å²) in [7, 11) is 1.02. The number of ether oxygens (including phenoxy) is 1. The molecule has 0 fully saturated rings. The molecule has 0 radical (unpaired) electrons. The molecule has 1 aromatic heterocycles. The molecule has 0 aliphatic carbocycles. The van der Waals surface area contributed by atoms with Crippen molar-refractivity contribution in [1.82, 2.24) is 4.98 Å². The van der Waals surface area contributed by atoms with E-state index < -0.39 is 46.8 Å². The lowest BCUT2D eigenvalue weighted by Gasteiger charge is -2.14. The molecule has 0 N–H and O–H groups in total. The van der Waals surface area contributed by atoms with Crippen LogP contribution in [-0.4, -0.2) is 18.1 Å². The predicted molar refractivity (Wildman–Crippen MR) is 54.9 cm³/mol. The third-order valence-electron chi connectivity index (χ3n) is 2.19. The highest BCUT2D eigenvalue weighted by atomic mass is 35.5.